The van der Waals surface area contributed by atoms with Gasteiger partial charge in [0, 0.05) is 44.1 Å². The van der Waals surface area contributed by atoms with Gasteiger partial charge in [-0.1, -0.05) is 0 Å². The number of piperazine rings is 1. The van der Waals surface area contributed by atoms with Gasteiger partial charge in [-0.05, 0) is 31.3 Å². The molecule has 1 fully saturated rings. The van der Waals surface area contributed by atoms with Crippen molar-refractivity contribution in [2.45, 2.75) is 0 Å². The SMILES string of the molecule is CN1CCN(c2ncc(C(=O)c3ccc(F)cc3)cn2)CC1. The summed E-state index contributed by atoms with van der Waals surface area (Å²) >= 11 is 0. The summed E-state index contributed by atoms with van der Waals surface area (Å²) in [6, 6.07) is 5.47. The molecule has 0 bridgehead atoms. The van der Waals surface area contributed by atoms with Crippen molar-refractivity contribution in [2.75, 3.05) is 38.1 Å². The smallest absolute Gasteiger partial charge is 0.225 e. The molecule has 1 aliphatic heterocycles. The summed E-state index contributed by atoms with van der Waals surface area (Å²) in [5.74, 6) is 0.0758. The molecule has 0 atom stereocenters. The van der Waals surface area contributed by atoms with Crippen LogP contribution in [0.5, 0.6) is 0 Å². The summed E-state index contributed by atoms with van der Waals surface area (Å²) in [4.78, 5) is 25.2. The normalized spacial score (nSPS) is 15.8. The molecule has 0 amide bonds. The molecule has 1 aromatic heterocycles. The Hall–Kier alpha value is -2.34. The van der Waals surface area contributed by atoms with E-state index in [1.54, 1.807) is 0 Å². The Morgan fingerprint density at radius 2 is 1.59 bits per heavy atom. The largest absolute Gasteiger partial charge is 0.338 e. The Morgan fingerprint density at radius 1 is 1.00 bits per heavy atom. The molecule has 0 radical (unpaired) electrons. The second-order valence-corrected chi connectivity index (χ2v) is 5.40. The highest BCUT2D eigenvalue weighted by atomic mass is 19.1. The zero-order valence-electron chi connectivity index (χ0n) is 12.4. The molecular formula is C16H17FN4O. The Balaban J connectivity index is 1.73. The van der Waals surface area contributed by atoms with E-state index in [9.17, 15) is 9.18 Å². The van der Waals surface area contributed by atoms with E-state index < -0.39 is 0 Å². The topological polar surface area (TPSA) is 49.3 Å². The lowest BCUT2D eigenvalue weighted by Gasteiger charge is -2.32. The van der Waals surface area contributed by atoms with Crippen LogP contribution in [0.2, 0.25) is 0 Å². The summed E-state index contributed by atoms with van der Waals surface area (Å²) in [5.41, 5.74) is 0.835. The predicted molar refractivity (Wildman–Crippen MR) is 81.6 cm³/mol. The number of aromatic nitrogens is 2. The van der Waals surface area contributed by atoms with E-state index in [4.69, 9.17) is 0 Å². The van der Waals surface area contributed by atoms with E-state index in [1.165, 1.54) is 36.7 Å². The molecule has 0 spiro atoms. The van der Waals surface area contributed by atoms with Crippen LogP contribution in [0.25, 0.3) is 0 Å². The number of anilines is 1. The lowest BCUT2D eigenvalue weighted by atomic mass is 10.1. The first-order chi connectivity index (χ1) is 10.6. The van der Waals surface area contributed by atoms with Crippen LogP contribution < -0.4 is 4.90 Å². The molecule has 1 aromatic carbocycles. The van der Waals surface area contributed by atoms with Crippen molar-refractivity contribution in [2.24, 2.45) is 0 Å². The van der Waals surface area contributed by atoms with Gasteiger partial charge in [0.2, 0.25) is 5.95 Å². The highest BCUT2D eigenvalue weighted by Crippen LogP contribution is 2.13. The summed E-state index contributed by atoms with van der Waals surface area (Å²) in [6.07, 6.45) is 3.07. The average molecular weight is 300 g/mol. The van der Waals surface area contributed by atoms with Crippen LogP contribution in [0.1, 0.15) is 15.9 Å². The highest BCUT2D eigenvalue weighted by Gasteiger charge is 2.17. The number of halogens is 1. The average Bonchev–Trinajstić information content (AvgIpc) is 2.56. The van der Waals surface area contributed by atoms with Crippen molar-refractivity contribution < 1.29 is 9.18 Å². The summed E-state index contributed by atoms with van der Waals surface area (Å²) in [7, 11) is 2.09. The molecule has 2 aromatic rings. The maximum absolute atomic E-state index is 12.9. The number of likely N-dealkylation sites (N-methyl/N-ethyl adjacent to an activating group) is 1. The number of nitrogens with zero attached hydrogens (tertiary/aromatic N) is 4. The Kier molecular flexibility index (Phi) is 4.11. The molecule has 2 heterocycles. The van der Waals surface area contributed by atoms with Crippen molar-refractivity contribution in [3.8, 4) is 0 Å². The minimum atomic E-state index is -0.363. The number of carbonyl (C=O) groups is 1. The van der Waals surface area contributed by atoms with E-state index in [0.717, 1.165) is 26.2 Å². The van der Waals surface area contributed by atoms with Gasteiger partial charge in [0.25, 0.3) is 0 Å². The third-order valence-corrected chi connectivity index (χ3v) is 3.79. The fourth-order valence-electron chi connectivity index (χ4n) is 2.38. The van der Waals surface area contributed by atoms with Crippen molar-refractivity contribution in [3.63, 3.8) is 0 Å². The van der Waals surface area contributed by atoms with Crippen LogP contribution in [-0.2, 0) is 0 Å². The minimum absolute atomic E-state index is 0.204. The Labute approximate surface area is 128 Å². The fourth-order valence-corrected chi connectivity index (χ4v) is 2.38. The minimum Gasteiger partial charge on any atom is -0.338 e. The molecule has 1 aliphatic rings. The molecular weight excluding hydrogens is 283 g/mol. The van der Waals surface area contributed by atoms with Gasteiger partial charge >= 0.3 is 0 Å². The van der Waals surface area contributed by atoms with Gasteiger partial charge in [-0.3, -0.25) is 4.79 Å². The Bertz CT molecular complexity index is 649. The number of hydrogen-bond donors (Lipinski definition) is 0. The van der Waals surface area contributed by atoms with Crippen molar-refractivity contribution >= 4 is 11.7 Å². The quantitative estimate of drug-likeness (QED) is 0.806. The summed E-state index contributed by atoms with van der Waals surface area (Å²) < 4.78 is 12.9. The fraction of sp³-hybridized carbons (Fsp3) is 0.312. The van der Waals surface area contributed by atoms with Crippen LogP contribution in [0.4, 0.5) is 10.3 Å². The van der Waals surface area contributed by atoms with E-state index in [-0.39, 0.29) is 11.6 Å². The van der Waals surface area contributed by atoms with Crippen molar-refractivity contribution in [1.29, 1.82) is 0 Å². The third-order valence-electron chi connectivity index (χ3n) is 3.79. The molecule has 1 saturated heterocycles. The molecule has 0 N–H and O–H groups in total. The maximum atomic E-state index is 12.9. The van der Waals surface area contributed by atoms with Gasteiger partial charge in [0.1, 0.15) is 5.82 Å². The first-order valence-electron chi connectivity index (χ1n) is 7.19. The number of carbonyl (C=O) groups excluding carboxylic acids is 1. The molecule has 0 unspecified atom stereocenters. The number of hydrogen-bond acceptors (Lipinski definition) is 5. The second kappa shape index (κ2) is 6.19. The van der Waals surface area contributed by atoms with Gasteiger partial charge < -0.3 is 9.80 Å². The van der Waals surface area contributed by atoms with E-state index in [0.29, 0.717) is 17.1 Å². The number of benzene rings is 1. The molecule has 3 rings (SSSR count). The van der Waals surface area contributed by atoms with E-state index >= 15 is 0 Å². The van der Waals surface area contributed by atoms with Gasteiger partial charge in [0.05, 0.1) is 5.56 Å². The number of rotatable bonds is 3. The zero-order valence-corrected chi connectivity index (χ0v) is 12.4. The van der Waals surface area contributed by atoms with E-state index in [1.807, 2.05) is 0 Å². The van der Waals surface area contributed by atoms with Crippen LogP contribution in [0.3, 0.4) is 0 Å². The van der Waals surface area contributed by atoms with Crippen LogP contribution in [0, 0.1) is 5.82 Å². The van der Waals surface area contributed by atoms with Crippen molar-refractivity contribution in [1.82, 2.24) is 14.9 Å². The van der Waals surface area contributed by atoms with Gasteiger partial charge in [-0.25, -0.2) is 14.4 Å². The summed E-state index contributed by atoms with van der Waals surface area (Å²) in [5, 5.41) is 0. The molecule has 6 heteroatoms. The molecule has 22 heavy (non-hydrogen) atoms. The van der Waals surface area contributed by atoms with Crippen molar-refractivity contribution in [3.05, 3.63) is 53.6 Å². The second-order valence-electron chi connectivity index (χ2n) is 5.40. The third kappa shape index (κ3) is 3.12. The maximum Gasteiger partial charge on any atom is 0.225 e. The lowest BCUT2D eigenvalue weighted by Crippen LogP contribution is -2.45. The lowest BCUT2D eigenvalue weighted by molar-refractivity contribution is 0.103. The molecule has 0 saturated carbocycles. The first kappa shape index (κ1) is 14.6. The Morgan fingerprint density at radius 3 is 2.18 bits per heavy atom. The van der Waals surface area contributed by atoms with Gasteiger partial charge in [0.15, 0.2) is 5.78 Å². The van der Waals surface area contributed by atoms with Gasteiger partial charge in [-0.2, -0.15) is 0 Å². The standard InChI is InChI=1S/C16H17FN4O/c1-20-6-8-21(9-7-20)16-18-10-13(11-19-16)15(22)12-2-4-14(17)5-3-12/h2-5,10-11H,6-9H2,1H3. The molecule has 114 valence electrons. The van der Waals surface area contributed by atoms with Crippen LogP contribution in [-0.4, -0.2) is 53.9 Å². The predicted octanol–water partition coefficient (Wildman–Crippen LogP) is 1.60. The molecule has 0 aliphatic carbocycles. The molecule has 5 nitrogen and oxygen atoms in total. The summed E-state index contributed by atoms with van der Waals surface area (Å²) in [6.45, 7) is 3.70. The zero-order chi connectivity index (χ0) is 15.5. The van der Waals surface area contributed by atoms with Crippen LogP contribution >= 0.6 is 0 Å². The highest BCUT2D eigenvalue weighted by molar-refractivity contribution is 6.08. The van der Waals surface area contributed by atoms with E-state index in [2.05, 4.69) is 26.8 Å². The monoisotopic (exact) mass is 300 g/mol. The van der Waals surface area contributed by atoms with Crippen LogP contribution in [0.15, 0.2) is 36.7 Å². The number of ketones is 1. The first-order valence-corrected chi connectivity index (χ1v) is 7.19. The van der Waals surface area contributed by atoms with Gasteiger partial charge in [-0.15, -0.1) is 0 Å².